The Morgan fingerprint density at radius 2 is 1.57 bits per heavy atom. The molecule has 0 spiro atoms. The summed E-state index contributed by atoms with van der Waals surface area (Å²) in [7, 11) is -0.870. The van der Waals surface area contributed by atoms with Crippen LogP contribution in [0, 0.1) is 19.7 Å². The second-order valence-electron chi connectivity index (χ2n) is 5.04. The summed E-state index contributed by atoms with van der Waals surface area (Å²) in [5.74, 6) is 0.432. The first-order valence-corrected chi connectivity index (χ1v) is 8.28. The summed E-state index contributed by atoms with van der Waals surface area (Å²) in [6, 6.07) is 6.75. The minimum Gasteiger partial charge on any atom is -0.493 e. The van der Waals surface area contributed by atoms with Crippen LogP contribution in [-0.4, -0.2) is 22.6 Å². The maximum absolute atomic E-state index is 13.2. The van der Waals surface area contributed by atoms with E-state index < -0.39 is 15.8 Å². The van der Waals surface area contributed by atoms with Crippen LogP contribution < -0.4 is 14.2 Å². The van der Waals surface area contributed by atoms with Gasteiger partial charge >= 0.3 is 0 Å². The summed E-state index contributed by atoms with van der Waals surface area (Å²) in [4.78, 5) is 0.0214. The number of rotatable bonds is 5. The summed E-state index contributed by atoms with van der Waals surface area (Å²) >= 11 is 0. The van der Waals surface area contributed by atoms with Crippen molar-refractivity contribution in [2.24, 2.45) is 0 Å². The molecule has 1 N–H and O–H groups in total. The Balaban J connectivity index is 2.45. The topological polar surface area (TPSA) is 64.6 Å². The number of benzene rings is 2. The lowest BCUT2D eigenvalue weighted by atomic mass is 10.2. The van der Waals surface area contributed by atoms with Gasteiger partial charge < -0.3 is 9.47 Å². The third-order valence-corrected chi connectivity index (χ3v) is 4.93. The number of hydrogen-bond acceptors (Lipinski definition) is 4. The summed E-state index contributed by atoms with van der Waals surface area (Å²) in [5, 5.41) is 0. The first kappa shape index (κ1) is 17.1. The van der Waals surface area contributed by atoms with Crippen LogP contribution in [-0.2, 0) is 10.0 Å². The van der Waals surface area contributed by atoms with Gasteiger partial charge in [-0.25, -0.2) is 12.8 Å². The van der Waals surface area contributed by atoms with E-state index in [0.717, 1.165) is 6.07 Å². The number of hydrogen-bond donors (Lipinski definition) is 1. The molecule has 0 atom stereocenters. The molecule has 0 amide bonds. The van der Waals surface area contributed by atoms with Gasteiger partial charge in [-0.1, -0.05) is 0 Å². The summed E-state index contributed by atoms with van der Waals surface area (Å²) in [6.45, 7) is 3.29. The van der Waals surface area contributed by atoms with Gasteiger partial charge in [-0.3, -0.25) is 4.72 Å². The zero-order valence-electron chi connectivity index (χ0n) is 13.3. The van der Waals surface area contributed by atoms with Crippen LogP contribution >= 0.6 is 0 Å². The Bertz CT molecular complexity index is 834. The highest BCUT2D eigenvalue weighted by Gasteiger charge is 2.19. The van der Waals surface area contributed by atoms with Gasteiger partial charge in [0.25, 0.3) is 10.0 Å². The fraction of sp³-hybridized carbons (Fsp3) is 0.250. The largest absolute Gasteiger partial charge is 0.493 e. The standard InChI is InChI=1S/C16H18FNO4S/c1-10-8-14(21-3)15(22-4)9-13(10)18-23(19,20)16-6-5-12(17)7-11(16)2/h5-9,18H,1-4H3. The van der Waals surface area contributed by atoms with Crippen molar-refractivity contribution in [3.63, 3.8) is 0 Å². The monoisotopic (exact) mass is 339 g/mol. The van der Waals surface area contributed by atoms with E-state index in [-0.39, 0.29) is 4.90 Å². The van der Waals surface area contributed by atoms with Crippen molar-refractivity contribution in [3.8, 4) is 11.5 Å². The Hall–Kier alpha value is -2.28. The predicted molar refractivity (Wildman–Crippen MR) is 86.2 cm³/mol. The van der Waals surface area contributed by atoms with E-state index in [0.29, 0.717) is 28.3 Å². The average Bonchev–Trinajstić information content (AvgIpc) is 2.48. The van der Waals surface area contributed by atoms with Gasteiger partial charge in [0.05, 0.1) is 24.8 Å². The molecule has 0 aromatic heterocycles. The van der Waals surface area contributed by atoms with E-state index >= 15 is 0 Å². The van der Waals surface area contributed by atoms with Gasteiger partial charge in [-0.15, -0.1) is 0 Å². The summed E-state index contributed by atoms with van der Waals surface area (Å²) in [5.41, 5.74) is 1.37. The van der Waals surface area contributed by atoms with Gasteiger partial charge in [0.1, 0.15) is 5.82 Å². The van der Waals surface area contributed by atoms with Crippen LogP contribution in [0.3, 0.4) is 0 Å². The Kier molecular flexibility index (Phi) is 4.79. The zero-order chi connectivity index (χ0) is 17.2. The average molecular weight is 339 g/mol. The second-order valence-corrected chi connectivity index (χ2v) is 6.69. The molecule has 124 valence electrons. The molecule has 7 heteroatoms. The SMILES string of the molecule is COc1cc(C)c(NS(=O)(=O)c2ccc(F)cc2C)cc1OC. The van der Waals surface area contributed by atoms with E-state index in [1.165, 1.54) is 26.4 Å². The normalized spacial score (nSPS) is 11.2. The van der Waals surface area contributed by atoms with Gasteiger partial charge in [0.15, 0.2) is 11.5 Å². The van der Waals surface area contributed by atoms with Crippen LogP contribution in [0.5, 0.6) is 11.5 Å². The molecule has 0 aliphatic rings. The van der Waals surface area contributed by atoms with Crippen LogP contribution in [0.25, 0.3) is 0 Å². The number of nitrogens with one attached hydrogen (secondary N) is 1. The van der Waals surface area contributed by atoms with Crippen molar-refractivity contribution < 1.29 is 22.3 Å². The molecule has 0 saturated carbocycles. The maximum Gasteiger partial charge on any atom is 0.262 e. The van der Waals surface area contributed by atoms with E-state index in [9.17, 15) is 12.8 Å². The maximum atomic E-state index is 13.2. The number of anilines is 1. The fourth-order valence-electron chi connectivity index (χ4n) is 2.20. The van der Waals surface area contributed by atoms with Gasteiger partial charge in [-0.2, -0.15) is 0 Å². The third kappa shape index (κ3) is 3.56. The smallest absolute Gasteiger partial charge is 0.262 e. The molecular formula is C16H18FNO4S. The highest BCUT2D eigenvalue weighted by molar-refractivity contribution is 7.92. The molecule has 0 aliphatic carbocycles. The molecule has 2 aromatic carbocycles. The van der Waals surface area contributed by atoms with Crippen molar-refractivity contribution in [2.45, 2.75) is 18.7 Å². The van der Waals surface area contributed by atoms with E-state index in [1.54, 1.807) is 26.0 Å². The van der Waals surface area contributed by atoms with Crippen LogP contribution in [0.15, 0.2) is 35.2 Å². The lowest BCUT2D eigenvalue weighted by Crippen LogP contribution is -2.15. The number of aryl methyl sites for hydroxylation is 2. The van der Waals surface area contributed by atoms with Crippen molar-refractivity contribution in [2.75, 3.05) is 18.9 Å². The van der Waals surface area contributed by atoms with Crippen molar-refractivity contribution in [1.82, 2.24) is 0 Å². The predicted octanol–water partition coefficient (Wildman–Crippen LogP) is 3.26. The molecule has 23 heavy (non-hydrogen) atoms. The molecule has 0 aliphatic heterocycles. The van der Waals surface area contributed by atoms with E-state index in [1.807, 2.05) is 0 Å². The Morgan fingerprint density at radius 3 is 2.13 bits per heavy atom. The molecule has 0 bridgehead atoms. The number of ether oxygens (including phenoxy) is 2. The van der Waals surface area contributed by atoms with Gasteiger partial charge in [0, 0.05) is 6.07 Å². The highest BCUT2D eigenvalue weighted by atomic mass is 32.2. The fourth-order valence-corrected chi connectivity index (χ4v) is 3.55. The first-order chi connectivity index (χ1) is 10.8. The molecule has 5 nitrogen and oxygen atoms in total. The molecule has 0 unspecified atom stereocenters. The van der Waals surface area contributed by atoms with Crippen molar-refractivity contribution in [3.05, 3.63) is 47.3 Å². The molecule has 0 saturated heterocycles. The van der Waals surface area contributed by atoms with Crippen molar-refractivity contribution >= 4 is 15.7 Å². The van der Waals surface area contributed by atoms with E-state index in [2.05, 4.69) is 4.72 Å². The van der Waals surface area contributed by atoms with Gasteiger partial charge in [-0.05, 0) is 49.2 Å². The minimum absolute atomic E-state index is 0.0214. The van der Waals surface area contributed by atoms with Crippen molar-refractivity contribution in [1.29, 1.82) is 0 Å². The quantitative estimate of drug-likeness (QED) is 0.908. The minimum atomic E-state index is -3.84. The third-order valence-electron chi connectivity index (χ3n) is 3.40. The number of sulfonamides is 1. The van der Waals surface area contributed by atoms with Crippen LogP contribution in [0.1, 0.15) is 11.1 Å². The lowest BCUT2D eigenvalue weighted by molar-refractivity contribution is 0.355. The molecule has 0 heterocycles. The second kappa shape index (κ2) is 6.45. The summed E-state index contributed by atoms with van der Waals surface area (Å²) in [6.07, 6.45) is 0. The molecule has 0 radical (unpaired) electrons. The highest BCUT2D eigenvalue weighted by Crippen LogP contribution is 2.34. The zero-order valence-corrected chi connectivity index (χ0v) is 14.1. The summed E-state index contributed by atoms with van der Waals surface area (Å²) < 4.78 is 51.1. The molecule has 2 rings (SSSR count). The first-order valence-electron chi connectivity index (χ1n) is 6.80. The molecule has 2 aromatic rings. The number of methoxy groups -OCH3 is 2. The Labute approximate surface area is 135 Å². The number of halogens is 1. The Morgan fingerprint density at radius 1 is 0.957 bits per heavy atom. The van der Waals surface area contributed by atoms with E-state index in [4.69, 9.17) is 9.47 Å². The molecular weight excluding hydrogens is 321 g/mol. The van der Waals surface area contributed by atoms with Gasteiger partial charge in [0.2, 0.25) is 0 Å². The van der Waals surface area contributed by atoms with Crippen LogP contribution in [0.4, 0.5) is 10.1 Å². The lowest BCUT2D eigenvalue weighted by Gasteiger charge is -2.15. The molecule has 0 fully saturated rings. The van der Waals surface area contributed by atoms with Crippen LogP contribution in [0.2, 0.25) is 0 Å².